The highest BCUT2D eigenvalue weighted by atomic mass is 32.2. The van der Waals surface area contributed by atoms with Crippen molar-refractivity contribution in [2.75, 3.05) is 5.32 Å². The first-order chi connectivity index (χ1) is 9.22. The topological polar surface area (TPSA) is 29.1 Å². The van der Waals surface area contributed by atoms with Gasteiger partial charge in [0, 0.05) is 16.6 Å². The van der Waals surface area contributed by atoms with Crippen molar-refractivity contribution in [3.05, 3.63) is 59.9 Å². The number of hydrogen-bond donors (Lipinski definition) is 1. The molecule has 2 aromatic rings. The van der Waals surface area contributed by atoms with Crippen LogP contribution in [0.1, 0.15) is 17.2 Å². The molecule has 1 aliphatic heterocycles. The van der Waals surface area contributed by atoms with Crippen LogP contribution < -0.4 is 5.32 Å². The maximum absolute atomic E-state index is 13.0. The van der Waals surface area contributed by atoms with E-state index in [1.54, 1.807) is 23.9 Å². The Morgan fingerprint density at radius 2 is 1.84 bits per heavy atom. The zero-order valence-corrected chi connectivity index (χ0v) is 10.9. The Balaban J connectivity index is 1.95. The van der Waals surface area contributed by atoms with Crippen molar-refractivity contribution >= 4 is 23.4 Å². The average Bonchev–Trinajstić information content (AvgIpc) is 2.57. The number of thioether (sulfide) groups is 1. The molecule has 1 amide bonds. The lowest BCUT2D eigenvalue weighted by Crippen LogP contribution is -2.11. The third-order valence-electron chi connectivity index (χ3n) is 3.04. The average molecular weight is 273 g/mol. The molecule has 0 aromatic heterocycles. The van der Waals surface area contributed by atoms with Crippen LogP contribution in [0.5, 0.6) is 0 Å². The summed E-state index contributed by atoms with van der Waals surface area (Å²) in [6.45, 7) is 0. The zero-order chi connectivity index (χ0) is 13.2. The highest BCUT2D eigenvalue weighted by Crippen LogP contribution is 2.43. The summed E-state index contributed by atoms with van der Waals surface area (Å²) < 4.78 is 13.0. The molecule has 0 saturated heterocycles. The minimum atomic E-state index is -0.257. The van der Waals surface area contributed by atoms with E-state index in [9.17, 15) is 9.18 Å². The summed E-state index contributed by atoms with van der Waals surface area (Å²) in [4.78, 5) is 12.9. The monoisotopic (exact) mass is 273 g/mol. The fourth-order valence-electron chi connectivity index (χ4n) is 2.10. The van der Waals surface area contributed by atoms with E-state index in [4.69, 9.17) is 0 Å². The molecule has 1 aliphatic rings. The van der Waals surface area contributed by atoms with E-state index in [0.717, 1.165) is 16.1 Å². The van der Waals surface area contributed by atoms with Gasteiger partial charge in [0.05, 0.1) is 5.69 Å². The summed E-state index contributed by atoms with van der Waals surface area (Å²) >= 11 is 1.63. The largest absolute Gasteiger partial charge is 0.325 e. The van der Waals surface area contributed by atoms with E-state index < -0.39 is 0 Å². The van der Waals surface area contributed by atoms with Crippen molar-refractivity contribution in [3.8, 4) is 0 Å². The first-order valence-electron chi connectivity index (χ1n) is 6.03. The van der Waals surface area contributed by atoms with Gasteiger partial charge in [0.15, 0.2) is 0 Å². The van der Waals surface area contributed by atoms with Crippen molar-refractivity contribution in [1.29, 1.82) is 0 Å². The lowest BCUT2D eigenvalue weighted by atomic mass is 10.1. The van der Waals surface area contributed by atoms with Crippen LogP contribution in [0.3, 0.4) is 0 Å². The number of benzene rings is 2. The highest BCUT2D eigenvalue weighted by molar-refractivity contribution is 7.99. The zero-order valence-electron chi connectivity index (χ0n) is 10.1. The van der Waals surface area contributed by atoms with Gasteiger partial charge in [0.25, 0.3) is 0 Å². The number of hydrogen-bond acceptors (Lipinski definition) is 2. The van der Waals surface area contributed by atoms with Crippen LogP contribution in [0.2, 0.25) is 0 Å². The first kappa shape index (κ1) is 12.2. The highest BCUT2D eigenvalue weighted by Gasteiger charge is 2.23. The van der Waals surface area contributed by atoms with Crippen LogP contribution in [0.4, 0.5) is 10.1 Å². The van der Waals surface area contributed by atoms with E-state index in [0.29, 0.717) is 6.42 Å². The fraction of sp³-hybridized carbons (Fsp3) is 0.133. The van der Waals surface area contributed by atoms with Gasteiger partial charge in [-0.1, -0.05) is 24.3 Å². The Morgan fingerprint density at radius 3 is 2.63 bits per heavy atom. The van der Waals surface area contributed by atoms with Crippen LogP contribution >= 0.6 is 11.8 Å². The third kappa shape index (κ3) is 2.63. The summed E-state index contributed by atoms with van der Waals surface area (Å²) in [6.07, 6.45) is 0.394. The molecular weight excluding hydrogens is 261 g/mol. The second-order valence-electron chi connectivity index (χ2n) is 4.41. The van der Waals surface area contributed by atoms with E-state index in [1.807, 2.05) is 24.3 Å². The number of para-hydroxylation sites is 1. The molecule has 0 aliphatic carbocycles. The number of anilines is 1. The molecule has 0 bridgehead atoms. The number of nitrogens with one attached hydrogen (secondary N) is 1. The predicted octanol–water partition coefficient (Wildman–Crippen LogP) is 4.00. The molecule has 1 atom stereocenters. The first-order valence-corrected chi connectivity index (χ1v) is 6.91. The van der Waals surface area contributed by atoms with E-state index in [-0.39, 0.29) is 17.0 Å². The Bertz CT molecular complexity index is 612. The summed E-state index contributed by atoms with van der Waals surface area (Å²) in [5, 5.41) is 2.92. The number of rotatable bonds is 1. The second-order valence-corrected chi connectivity index (χ2v) is 5.65. The normalized spacial score (nSPS) is 18.4. The molecular formula is C15H12FNOS. The Labute approximate surface area is 115 Å². The Kier molecular flexibility index (Phi) is 3.25. The van der Waals surface area contributed by atoms with E-state index in [2.05, 4.69) is 5.32 Å². The van der Waals surface area contributed by atoms with Gasteiger partial charge in [-0.05, 0) is 29.8 Å². The number of carbonyl (C=O) groups excluding carboxylic acids is 1. The lowest BCUT2D eigenvalue weighted by Gasteiger charge is -2.13. The summed E-state index contributed by atoms with van der Waals surface area (Å²) in [5.41, 5.74) is 1.82. The second kappa shape index (κ2) is 5.05. The van der Waals surface area contributed by atoms with Crippen LogP contribution in [-0.4, -0.2) is 5.91 Å². The van der Waals surface area contributed by atoms with Crippen LogP contribution in [0.15, 0.2) is 53.4 Å². The molecule has 19 heavy (non-hydrogen) atoms. The van der Waals surface area contributed by atoms with Gasteiger partial charge in [-0.25, -0.2) is 4.39 Å². The molecule has 0 unspecified atom stereocenters. The van der Waals surface area contributed by atoms with Gasteiger partial charge in [0.1, 0.15) is 5.82 Å². The molecule has 0 radical (unpaired) electrons. The standard InChI is InChI=1S/C15H12FNOS/c16-11-7-5-10(6-8-11)14-9-15(18)17-12-3-1-2-4-13(12)19-14/h1-8,14H,9H2,(H,17,18)/t14-/m1/s1. The molecule has 2 nitrogen and oxygen atoms in total. The molecule has 1 N–H and O–H groups in total. The maximum atomic E-state index is 13.0. The van der Waals surface area contributed by atoms with Crippen LogP contribution in [0.25, 0.3) is 0 Å². The summed E-state index contributed by atoms with van der Waals surface area (Å²) in [7, 11) is 0. The minimum absolute atomic E-state index is 0.00762. The van der Waals surface area contributed by atoms with Crippen LogP contribution in [0, 0.1) is 5.82 Å². The van der Waals surface area contributed by atoms with Crippen molar-refractivity contribution in [2.24, 2.45) is 0 Å². The third-order valence-corrected chi connectivity index (χ3v) is 4.38. The van der Waals surface area contributed by atoms with E-state index in [1.165, 1.54) is 12.1 Å². The Morgan fingerprint density at radius 1 is 1.11 bits per heavy atom. The minimum Gasteiger partial charge on any atom is -0.325 e. The van der Waals surface area contributed by atoms with Crippen molar-refractivity contribution in [1.82, 2.24) is 0 Å². The number of amides is 1. The summed E-state index contributed by atoms with van der Waals surface area (Å²) in [6, 6.07) is 14.1. The van der Waals surface area contributed by atoms with Gasteiger partial charge >= 0.3 is 0 Å². The summed E-state index contributed by atoms with van der Waals surface area (Å²) in [5.74, 6) is -0.265. The van der Waals surface area contributed by atoms with Gasteiger partial charge in [-0.2, -0.15) is 0 Å². The fourth-order valence-corrected chi connectivity index (χ4v) is 3.34. The van der Waals surface area contributed by atoms with Gasteiger partial charge < -0.3 is 5.32 Å². The van der Waals surface area contributed by atoms with Crippen molar-refractivity contribution in [3.63, 3.8) is 0 Å². The smallest absolute Gasteiger partial charge is 0.225 e. The predicted molar refractivity (Wildman–Crippen MR) is 74.7 cm³/mol. The number of carbonyl (C=O) groups is 1. The molecule has 96 valence electrons. The molecule has 1 heterocycles. The maximum Gasteiger partial charge on any atom is 0.225 e. The molecule has 2 aromatic carbocycles. The van der Waals surface area contributed by atoms with E-state index >= 15 is 0 Å². The van der Waals surface area contributed by atoms with Crippen molar-refractivity contribution < 1.29 is 9.18 Å². The van der Waals surface area contributed by atoms with Gasteiger partial charge in [-0.3, -0.25) is 4.79 Å². The van der Waals surface area contributed by atoms with Gasteiger partial charge in [-0.15, -0.1) is 11.8 Å². The molecule has 3 rings (SSSR count). The Hall–Kier alpha value is -1.81. The molecule has 0 saturated carbocycles. The van der Waals surface area contributed by atoms with Crippen LogP contribution in [-0.2, 0) is 4.79 Å². The number of halogens is 1. The lowest BCUT2D eigenvalue weighted by molar-refractivity contribution is -0.116. The van der Waals surface area contributed by atoms with Gasteiger partial charge in [0.2, 0.25) is 5.91 Å². The number of fused-ring (bicyclic) bond motifs is 1. The molecule has 4 heteroatoms. The molecule has 0 fully saturated rings. The SMILES string of the molecule is O=C1C[C@H](c2ccc(F)cc2)Sc2ccccc2N1. The quantitative estimate of drug-likeness (QED) is 0.850. The van der Waals surface area contributed by atoms with Crippen molar-refractivity contribution in [2.45, 2.75) is 16.6 Å². The molecule has 0 spiro atoms.